The zero-order chi connectivity index (χ0) is 25.9. The highest BCUT2D eigenvalue weighted by molar-refractivity contribution is 6.02. The predicted octanol–water partition coefficient (Wildman–Crippen LogP) is 5.00. The van der Waals surface area contributed by atoms with E-state index in [1.165, 1.54) is 0 Å². The summed E-state index contributed by atoms with van der Waals surface area (Å²) in [6.07, 6.45) is 10.2. The Hall–Kier alpha value is -3.48. The number of H-pyrrole nitrogens is 1. The fourth-order valence-electron chi connectivity index (χ4n) is 4.95. The summed E-state index contributed by atoms with van der Waals surface area (Å²) < 4.78 is 16.7. The summed E-state index contributed by atoms with van der Waals surface area (Å²) in [4.78, 5) is 21.5. The van der Waals surface area contributed by atoms with E-state index in [9.17, 15) is 4.79 Å². The summed E-state index contributed by atoms with van der Waals surface area (Å²) in [6, 6.07) is 3.89. The van der Waals surface area contributed by atoms with Gasteiger partial charge in [-0.3, -0.25) is 9.79 Å². The van der Waals surface area contributed by atoms with Crippen LogP contribution in [0.4, 0.5) is 0 Å². The van der Waals surface area contributed by atoms with E-state index in [0.717, 1.165) is 64.9 Å². The van der Waals surface area contributed by atoms with Crippen LogP contribution in [0.3, 0.4) is 0 Å². The molecule has 1 aliphatic heterocycles. The Bertz CT molecular complexity index is 1330. The lowest BCUT2D eigenvalue weighted by Crippen LogP contribution is -2.51. The second kappa shape index (κ2) is 10.6. The number of aliphatic imine (C=N–C) groups is 1. The topological polar surface area (TPSA) is 84.9 Å². The van der Waals surface area contributed by atoms with Crippen LogP contribution in [0.15, 0.2) is 57.1 Å². The van der Waals surface area contributed by atoms with E-state index in [0.29, 0.717) is 30.0 Å². The number of pyridine rings is 1. The van der Waals surface area contributed by atoms with E-state index in [4.69, 9.17) is 19.2 Å². The van der Waals surface area contributed by atoms with E-state index >= 15 is 0 Å². The summed E-state index contributed by atoms with van der Waals surface area (Å²) >= 11 is 0. The van der Waals surface area contributed by atoms with Crippen LogP contribution >= 0.6 is 0 Å². The predicted molar refractivity (Wildman–Crippen MR) is 145 cm³/mol. The number of methoxy groups -OCH3 is 3. The lowest BCUT2D eigenvalue weighted by atomic mass is 9.79. The van der Waals surface area contributed by atoms with E-state index in [2.05, 4.69) is 49.3 Å². The van der Waals surface area contributed by atoms with Gasteiger partial charge in [0.2, 0.25) is 0 Å². The molecule has 0 saturated heterocycles. The van der Waals surface area contributed by atoms with E-state index < -0.39 is 0 Å². The van der Waals surface area contributed by atoms with E-state index in [1.807, 2.05) is 12.1 Å². The first-order valence-electron chi connectivity index (χ1n) is 12.7. The van der Waals surface area contributed by atoms with Crippen LogP contribution in [0, 0.1) is 0 Å². The molecule has 7 nitrogen and oxygen atoms in total. The number of aryl methyl sites for hydroxylation is 1. The zero-order valence-electron chi connectivity index (χ0n) is 22.2. The molecular weight excluding hydrogens is 454 g/mol. The number of allylic oxidation sites excluding steroid dienone is 1. The molecule has 0 fully saturated rings. The average Bonchev–Trinajstić information content (AvgIpc) is 2.88. The molecule has 1 aromatic carbocycles. The number of fused-ring (bicyclic) bond motifs is 2. The van der Waals surface area contributed by atoms with Crippen molar-refractivity contribution in [1.29, 1.82) is 0 Å². The molecule has 2 aliphatic rings. The molecule has 1 atom stereocenters. The van der Waals surface area contributed by atoms with Crippen LogP contribution in [0.5, 0.6) is 11.5 Å². The second-order valence-electron chi connectivity index (χ2n) is 9.56. The first kappa shape index (κ1) is 25.6. The second-order valence-corrected chi connectivity index (χ2v) is 9.56. The van der Waals surface area contributed by atoms with Crippen LogP contribution in [-0.2, 0) is 17.6 Å². The molecule has 0 amide bonds. The molecule has 0 radical (unpaired) electrons. The molecule has 0 spiro atoms. The average molecular weight is 492 g/mol. The normalized spacial score (nSPS) is 20.3. The van der Waals surface area contributed by atoms with Crippen molar-refractivity contribution in [2.24, 2.45) is 4.99 Å². The summed E-state index contributed by atoms with van der Waals surface area (Å²) in [6.45, 7) is 7.11. The van der Waals surface area contributed by atoms with E-state index in [1.54, 1.807) is 21.3 Å². The highest BCUT2D eigenvalue weighted by Crippen LogP contribution is 2.37. The van der Waals surface area contributed by atoms with Crippen molar-refractivity contribution in [1.82, 2.24) is 10.3 Å². The van der Waals surface area contributed by atoms with Gasteiger partial charge in [-0.05, 0) is 73.1 Å². The van der Waals surface area contributed by atoms with Gasteiger partial charge in [0.25, 0.3) is 5.56 Å². The van der Waals surface area contributed by atoms with Crippen LogP contribution in [-0.4, -0.2) is 44.2 Å². The van der Waals surface area contributed by atoms with Crippen molar-refractivity contribution in [3.8, 4) is 11.5 Å². The Kier molecular flexibility index (Phi) is 7.57. The molecule has 0 bridgehead atoms. The monoisotopic (exact) mass is 491 g/mol. The third-order valence-electron chi connectivity index (χ3n) is 6.98. The summed E-state index contributed by atoms with van der Waals surface area (Å²) in [5.41, 5.74) is 3.34. The molecular formula is C29H37N3O4. The Labute approximate surface area is 212 Å². The molecule has 1 aliphatic carbocycles. The molecule has 7 heteroatoms. The van der Waals surface area contributed by atoms with Crippen molar-refractivity contribution in [2.45, 2.75) is 58.4 Å². The fraction of sp³-hybridized carbons (Fsp3) is 0.448. The van der Waals surface area contributed by atoms with Crippen molar-refractivity contribution in [3.05, 3.63) is 68.9 Å². The lowest BCUT2D eigenvalue weighted by Gasteiger charge is -2.39. The number of nitrogens with zero attached hydrogens (tertiary/aromatic N) is 1. The lowest BCUT2D eigenvalue weighted by molar-refractivity contribution is 0.297. The van der Waals surface area contributed by atoms with Crippen LogP contribution in [0.1, 0.15) is 51.3 Å². The van der Waals surface area contributed by atoms with Gasteiger partial charge in [0, 0.05) is 29.6 Å². The van der Waals surface area contributed by atoms with Crippen molar-refractivity contribution < 1.29 is 14.2 Å². The standard InChI is InChI=1S/C29H37N3O4/c1-7-9-24-22-17-26(36-6)25(35-5)16-21(22)23(28(33)31-24)14-18-13-19-15-20(34-4)10-11-29(19,3)32-27(18)30-12-8-2/h10,13,15-17H,7-9,11-12,14H2,1-6H3,(H,30,32)(H,31,33). The Balaban J connectivity index is 1.90. The number of hydrogen-bond donors (Lipinski definition) is 2. The largest absolute Gasteiger partial charge is 0.497 e. The van der Waals surface area contributed by atoms with Gasteiger partial charge >= 0.3 is 0 Å². The van der Waals surface area contributed by atoms with Crippen LogP contribution < -0.4 is 20.3 Å². The highest BCUT2D eigenvalue weighted by Gasteiger charge is 2.36. The smallest absolute Gasteiger partial charge is 0.252 e. The van der Waals surface area contributed by atoms with Gasteiger partial charge in [-0.2, -0.15) is 0 Å². The van der Waals surface area contributed by atoms with Crippen molar-refractivity contribution in [3.63, 3.8) is 0 Å². The Morgan fingerprint density at radius 2 is 1.72 bits per heavy atom. The maximum Gasteiger partial charge on any atom is 0.252 e. The number of nitrogens with one attached hydrogen (secondary N) is 2. The molecule has 2 N–H and O–H groups in total. The maximum absolute atomic E-state index is 13.5. The molecule has 1 unspecified atom stereocenters. The van der Waals surface area contributed by atoms with Gasteiger partial charge in [0.05, 0.1) is 26.9 Å². The number of amidine groups is 1. The molecule has 192 valence electrons. The van der Waals surface area contributed by atoms with Gasteiger partial charge in [0.15, 0.2) is 11.5 Å². The highest BCUT2D eigenvalue weighted by atomic mass is 16.5. The molecule has 2 heterocycles. The third kappa shape index (κ3) is 4.79. The first-order valence-corrected chi connectivity index (χ1v) is 12.7. The minimum absolute atomic E-state index is 0.0858. The molecule has 2 aromatic rings. The van der Waals surface area contributed by atoms with Gasteiger partial charge in [-0.25, -0.2) is 0 Å². The summed E-state index contributed by atoms with van der Waals surface area (Å²) in [5.74, 6) is 2.94. The van der Waals surface area contributed by atoms with Gasteiger partial charge in [-0.15, -0.1) is 0 Å². The van der Waals surface area contributed by atoms with Gasteiger partial charge in [-0.1, -0.05) is 20.3 Å². The zero-order valence-corrected chi connectivity index (χ0v) is 22.2. The van der Waals surface area contributed by atoms with E-state index in [-0.39, 0.29) is 11.1 Å². The van der Waals surface area contributed by atoms with Gasteiger partial charge < -0.3 is 24.5 Å². The fourth-order valence-corrected chi connectivity index (χ4v) is 4.95. The van der Waals surface area contributed by atoms with Crippen molar-refractivity contribution in [2.75, 3.05) is 27.9 Å². The van der Waals surface area contributed by atoms with Crippen LogP contribution in [0.25, 0.3) is 10.8 Å². The number of benzene rings is 1. The molecule has 36 heavy (non-hydrogen) atoms. The number of aromatic nitrogens is 1. The third-order valence-corrected chi connectivity index (χ3v) is 6.98. The molecule has 0 saturated carbocycles. The van der Waals surface area contributed by atoms with Crippen molar-refractivity contribution >= 4 is 16.6 Å². The maximum atomic E-state index is 13.5. The van der Waals surface area contributed by atoms with Gasteiger partial charge in [0.1, 0.15) is 11.6 Å². The minimum Gasteiger partial charge on any atom is -0.497 e. The number of hydrogen-bond acceptors (Lipinski definition) is 5. The molecule has 1 aromatic heterocycles. The Morgan fingerprint density at radius 1 is 1.00 bits per heavy atom. The molecule has 4 rings (SSSR count). The summed E-state index contributed by atoms with van der Waals surface area (Å²) in [7, 11) is 4.93. The summed E-state index contributed by atoms with van der Waals surface area (Å²) in [5, 5.41) is 5.53. The SMILES string of the molecule is CCCN=C1NC2(C)CC=C(OC)C=C2C=C1Cc1c(=O)[nH]c(CCC)c2cc(OC)c(OC)cc12. The Morgan fingerprint density at radius 3 is 2.36 bits per heavy atom. The number of aromatic amines is 1. The number of rotatable bonds is 9. The van der Waals surface area contributed by atoms with Crippen LogP contribution in [0.2, 0.25) is 0 Å². The number of ether oxygens (including phenoxy) is 3. The minimum atomic E-state index is -0.270. The quantitative estimate of drug-likeness (QED) is 0.516. The first-order chi connectivity index (χ1) is 17.4.